The third-order valence-corrected chi connectivity index (χ3v) is 3.01. The topological polar surface area (TPSA) is 67.5 Å². The summed E-state index contributed by atoms with van der Waals surface area (Å²) in [5.41, 5.74) is 5.07. The fourth-order valence-electron chi connectivity index (χ4n) is 1.98. The number of anilines is 1. The molecule has 0 unspecified atom stereocenters. The summed E-state index contributed by atoms with van der Waals surface area (Å²) in [7, 11) is 0. The fraction of sp³-hybridized carbons (Fsp3) is 0.188. The third-order valence-electron chi connectivity index (χ3n) is 3.01. The fourth-order valence-corrected chi connectivity index (χ4v) is 1.98. The number of para-hydroxylation sites is 2. The quantitative estimate of drug-likeness (QED) is 0.511. The SMILES string of the molecule is CC(C)C(=NNc1ccccc1[N+](=O)[O-])c1ccccc1. The van der Waals surface area contributed by atoms with Gasteiger partial charge in [0, 0.05) is 6.07 Å². The van der Waals surface area contributed by atoms with E-state index >= 15 is 0 Å². The van der Waals surface area contributed by atoms with Crippen LogP contribution in [0.2, 0.25) is 0 Å². The summed E-state index contributed by atoms with van der Waals surface area (Å²) in [5, 5.41) is 15.4. The maximum Gasteiger partial charge on any atom is 0.294 e. The zero-order valence-electron chi connectivity index (χ0n) is 12.0. The van der Waals surface area contributed by atoms with Crippen LogP contribution in [0.1, 0.15) is 19.4 Å². The lowest BCUT2D eigenvalue weighted by Crippen LogP contribution is -2.12. The van der Waals surface area contributed by atoms with Gasteiger partial charge in [-0.1, -0.05) is 56.3 Å². The lowest BCUT2D eigenvalue weighted by atomic mass is 10.0. The lowest BCUT2D eigenvalue weighted by molar-refractivity contribution is -0.384. The zero-order chi connectivity index (χ0) is 15.2. The first kappa shape index (κ1) is 14.7. The molecule has 0 spiro atoms. The molecule has 2 aromatic rings. The molecule has 0 bridgehead atoms. The molecule has 108 valence electrons. The van der Waals surface area contributed by atoms with Gasteiger partial charge in [-0.15, -0.1) is 0 Å². The van der Waals surface area contributed by atoms with Crippen LogP contribution < -0.4 is 5.43 Å². The highest BCUT2D eigenvalue weighted by atomic mass is 16.6. The van der Waals surface area contributed by atoms with Crippen molar-refractivity contribution < 1.29 is 4.92 Å². The molecule has 1 N–H and O–H groups in total. The molecular weight excluding hydrogens is 266 g/mol. The Morgan fingerprint density at radius 1 is 1.10 bits per heavy atom. The summed E-state index contributed by atoms with van der Waals surface area (Å²) in [6, 6.07) is 16.2. The van der Waals surface area contributed by atoms with E-state index in [1.165, 1.54) is 6.07 Å². The molecule has 0 heterocycles. The number of hydrazone groups is 1. The molecule has 0 saturated carbocycles. The Hall–Kier alpha value is -2.69. The molecule has 0 saturated heterocycles. The molecule has 0 aliphatic heterocycles. The van der Waals surface area contributed by atoms with Crippen molar-refractivity contribution in [3.63, 3.8) is 0 Å². The Kier molecular flexibility index (Phi) is 4.66. The van der Waals surface area contributed by atoms with Crippen molar-refractivity contribution in [1.29, 1.82) is 0 Å². The average molecular weight is 283 g/mol. The number of nitrogens with one attached hydrogen (secondary N) is 1. The van der Waals surface area contributed by atoms with Crippen LogP contribution in [0.15, 0.2) is 59.7 Å². The smallest absolute Gasteiger partial charge is 0.271 e. The van der Waals surface area contributed by atoms with Crippen LogP contribution in [0.3, 0.4) is 0 Å². The summed E-state index contributed by atoms with van der Waals surface area (Å²) in [6.45, 7) is 4.07. The molecule has 2 rings (SSSR count). The van der Waals surface area contributed by atoms with Gasteiger partial charge in [-0.2, -0.15) is 5.10 Å². The van der Waals surface area contributed by atoms with Gasteiger partial charge in [0.2, 0.25) is 0 Å². The molecule has 0 radical (unpaired) electrons. The predicted molar refractivity (Wildman–Crippen MR) is 84.5 cm³/mol. The molecule has 0 aliphatic rings. The van der Waals surface area contributed by atoms with Crippen LogP contribution >= 0.6 is 0 Å². The number of hydrogen-bond acceptors (Lipinski definition) is 4. The molecular formula is C16H17N3O2. The number of nitro groups is 1. The second kappa shape index (κ2) is 6.65. The number of hydrogen-bond donors (Lipinski definition) is 1. The van der Waals surface area contributed by atoms with Crippen molar-refractivity contribution >= 4 is 17.1 Å². The van der Waals surface area contributed by atoms with Gasteiger partial charge in [0.05, 0.1) is 10.6 Å². The van der Waals surface area contributed by atoms with E-state index in [9.17, 15) is 10.1 Å². The van der Waals surface area contributed by atoms with Crippen LogP contribution in [0, 0.1) is 16.0 Å². The van der Waals surface area contributed by atoms with Crippen LogP contribution in [-0.4, -0.2) is 10.6 Å². The summed E-state index contributed by atoms with van der Waals surface area (Å²) in [6.07, 6.45) is 0. The van der Waals surface area contributed by atoms with Crippen molar-refractivity contribution in [2.24, 2.45) is 11.0 Å². The Morgan fingerprint density at radius 3 is 2.33 bits per heavy atom. The molecule has 0 atom stereocenters. The Morgan fingerprint density at radius 2 is 1.71 bits per heavy atom. The van der Waals surface area contributed by atoms with Gasteiger partial charge in [-0.25, -0.2) is 0 Å². The molecule has 0 amide bonds. The second-order valence-corrected chi connectivity index (χ2v) is 4.90. The van der Waals surface area contributed by atoms with Gasteiger partial charge in [-0.05, 0) is 17.5 Å². The van der Waals surface area contributed by atoms with E-state index in [0.29, 0.717) is 5.69 Å². The molecule has 2 aromatic carbocycles. The maximum atomic E-state index is 11.0. The standard InChI is InChI=1S/C16H17N3O2/c1-12(2)16(13-8-4-3-5-9-13)18-17-14-10-6-7-11-15(14)19(20)21/h3-12,17H,1-2H3. The summed E-state index contributed by atoms with van der Waals surface area (Å²) in [5.74, 6) is 0.197. The Labute approximate surface area is 123 Å². The Balaban J connectivity index is 2.32. The van der Waals surface area contributed by atoms with Gasteiger partial charge >= 0.3 is 0 Å². The number of nitrogens with zero attached hydrogens (tertiary/aromatic N) is 2. The minimum Gasteiger partial charge on any atom is -0.271 e. The Bertz CT molecular complexity index is 652. The molecule has 5 nitrogen and oxygen atoms in total. The maximum absolute atomic E-state index is 11.0. The highest BCUT2D eigenvalue weighted by Crippen LogP contribution is 2.23. The minimum atomic E-state index is -0.421. The summed E-state index contributed by atoms with van der Waals surface area (Å²) >= 11 is 0. The van der Waals surface area contributed by atoms with Gasteiger partial charge in [-0.3, -0.25) is 15.5 Å². The zero-order valence-corrected chi connectivity index (χ0v) is 12.0. The van der Waals surface area contributed by atoms with Crippen LogP contribution in [0.25, 0.3) is 0 Å². The molecule has 5 heteroatoms. The van der Waals surface area contributed by atoms with E-state index < -0.39 is 4.92 Å². The van der Waals surface area contributed by atoms with Crippen LogP contribution in [0.5, 0.6) is 0 Å². The van der Waals surface area contributed by atoms with E-state index in [2.05, 4.69) is 10.5 Å². The van der Waals surface area contributed by atoms with Gasteiger partial charge < -0.3 is 0 Å². The number of nitro benzene ring substituents is 1. The molecule has 0 fully saturated rings. The molecule has 21 heavy (non-hydrogen) atoms. The normalized spacial score (nSPS) is 11.5. The first-order valence-corrected chi connectivity index (χ1v) is 6.72. The van der Waals surface area contributed by atoms with Gasteiger partial charge in [0.1, 0.15) is 5.69 Å². The molecule has 0 aromatic heterocycles. The first-order valence-electron chi connectivity index (χ1n) is 6.72. The highest BCUT2D eigenvalue weighted by Gasteiger charge is 2.13. The van der Waals surface area contributed by atoms with Crippen molar-refractivity contribution in [2.45, 2.75) is 13.8 Å². The van der Waals surface area contributed by atoms with Gasteiger partial charge in [0.15, 0.2) is 0 Å². The number of benzene rings is 2. The van der Waals surface area contributed by atoms with Crippen molar-refractivity contribution in [3.05, 3.63) is 70.3 Å². The van der Waals surface area contributed by atoms with Gasteiger partial charge in [0.25, 0.3) is 5.69 Å². The van der Waals surface area contributed by atoms with Crippen molar-refractivity contribution in [3.8, 4) is 0 Å². The predicted octanol–water partition coefficient (Wildman–Crippen LogP) is 4.07. The molecule has 0 aliphatic carbocycles. The van der Waals surface area contributed by atoms with E-state index in [0.717, 1.165) is 11.3 Å². The lowest BCUT2D eigenvalue weighted by Gasteiger charge is -2.11. The summed E-state index contributed by atoms with van der Waals surface area (Å²) in [4.78, 5) is 10.6. The van der Waals surface area contributed by atoms with E-state index in [-0.39, 0.29) is 11.6 Å². The van der Waals surface area contributed by atoms with E-state index in [4.69, 9.17) is 0 Å². The minimum absolute atomic E-state index is 0.0115. The summed E-state index contributed by atoms with van der Waals surface area (Å²) < 4.78 is 0. The van der Waals surface area contributed by atoms with Crippen molar-refractivity contribution in [1.82, 2.24) is 0 Å². The highest BCUT2D eigenvalue weighted by molar-refractivity contribution is 6.02. The van der Waals surface area contributed by atoms with E-state index in [1.807, 2.05) is 44.2 Å². The monoisotopic (exact) mass is 283 g/mol. The van der Waals surface area contributed by atoms with Crippen LogP contribution in [0.4, 0.5) is 11.4 Å². The second-order valence-electron chi connectivity index (χ2n) is 4.90. The number of rotatable bonds is 5. The average Bonchev–Trinajstić information content (AvgIpc) is 2.48. The third kappa shape index (κ3) is 3.66. The largest absolute Gasteiger partial charge is 0.294 e. The van der Waals surface area contributed by atoms with Crippen molar-refractivity contribution in [2.75, 3.05) is 5.43 Å². The van der Waals surface area contributed by atoms with Crippen LogP contribution in [-0.2, 0) is 0 Å². The first-order chi connectivity index (χ1) is 10.1. The van der Waals surface area contributed by atoms with E-state index in [1.54, 1.807) is 18.2 Å².